The zero-order valence-corrected chi connectivity index (χ0v) is 17.2. The number of aryl methyl sites for hydroxylation is 2. The molecule has 0 spiro atoms. The number of phenolic OH excluding ortho intramolecular Hbond substituents is 1. The number of phenols is 1. The molecule has 2 aromatic rings. The molecule has 4 nitrogen and oxygen atoms in total. The molecular weight excluding hydrogens is 322 g/mol. The Morgan fingerprint density at radius 3 is 1.85 bits per heavy atom. The van der Waals surface area contributed by atoms with Crippen LogP contribution in [-0.2, 0) is 10.8 Å². The van der Waals surface area contributed by atoms with Gasteiger partial charge < -0.3 is 10.8 Å². The molecule has 2 aromatic carbocycles. The number of hydrogen-bond acceptors (Lipinski definition) is 4. The number of rotatable bonds is 2. The van der Waals surface area contributed by atoms with Gasteiger partial charge in [-0.15, -0.1) is 10.2 Å². The Morgan fingerprint density at radius 2 is 1.31 bits per heavy atom. The molecule has 0 heterocycles. The van der Waals surface area contributed by atoms with E-state index in [0.717, 1.165) is 22.3 Å². The van der Waals surface area contributed by atoms with Crippen molar-refractivity contribution in [1.82, 2.24) is 0 Å². The van der Waals surface area contributed by atoms with Crippen LogP contribution in [0.3, 0.4) is 0 Å². The molecule has 2 rings (SSSR count). The second kappa shape index (κ2) is 6.75. The van der Waals surface area contributed by atoms with Crippen molar-refractivity contribution < 1.29 is 5.11 Å². The Bertz CT molecular complexity index is 853. The molecule has 0 saturated carbocycles. The van der Waals surface area contributed by atoms with Crippen molar-refractivity contribution in [2.75, 3.05) is 5.73 Å². The summed E-state index contributed by atoms with van der Waals surface area (Å²) in [6, 6.07) is 7.79. The third-order valence-corrected chi connectivity index (χ3v) is 4.67. The molecule has 0 amide bonds. The van der Waals surface area contributed by atoms with Crippen LogP contribution in [-0.4, -0.2) is 5.11 Å². The number of nitrogens with two attached hydrogens (primary N) is 1. The Hall–Kier alpha value is -2.36. The van der Waals surface area contributed by atoms with Crippen molar-refractivity contribution in [3.63, 3.8) is 0 Å². The van der Waals surface area contributed by atoms with E-state index in [1.54, 1.807) is 0 Å². The lowest BCUT2D eigenvalue weighted by molar-refractivity contribution is 0.446. The van der Waals surface area contributed by atoms with Gasteiger partial charge in [0.2, 0.25) is 0 Å². The monoisotopic (exact) mass is 353 g/mol. The Kier molecular flexibility index (Phi) is 5.18. The molecule has 0 atom stereocenters. The third kappa shape index (κ3) is 4.24. The predicted octanol–water partition coefficient (Wildman–Crippen LogP) is 6.60. The Labute approximate surface area is 157 Å². The molecule has 0 aliphatic rings. The van der Waals surface area contributed by atoms with Crippen LogP contribution in [0.5, 0.6) is 5.75 Å². The van der Waals surface area contributed by atoms with E-state index in [9.17, 15) is 5.11 Å². The molecule has 0 saturated heterocycles. The maximum atomic E-state index is 10.8. The standard InChI is InChI=1S/C22H31N3O/c1-13-9-17(23)18(10-14(13)2)24-25-19-12-15(21(3,4)5)11-16(20(19)26)22(6,7)8/h9-12,26H,23H2,1-8H3/b25-24+. The highest BCUT2D eigenvalue weighted by Gasteiger charge is 2.25. The largest absolute Gasteiger partial charge is 0.505 e. The van der Waals surface area contributed by atoms with Crippen molar-refractivity contribution in [3.05, 3.63) is 46.5 Å². The van der Waals surface area contributed by atoms with Crippen LogP contribution >= 0.6 is 0 Å². The van der Waals surface area contributed by atoms with Crippen LogP contribution in [0.4, 0.5) is 17.1 Å². The van der Waals surface area contributed by atoms with Crippen LogP contribution in [0.15, 0.2) is 34.5 Å². The van der Waals surface area contributed by atoms with Crippen molar-refractivity contribution in [1.29, 1.82) is 0 Å². The summed E-state index contributed by atoms with van der Waals surface area (Å²) >= 11 is 0. The molecule has 3 N–H and O–H groups in total. The first-order valence-corrected chi connectivity index (χ1v) is 8.97. The van der Waals surface area contributed by atoms with Crippen LogP contribution < -0.4 is 5.73 Å². The fourth-order valence-electron chi connectivity index (χ4n) is 2.72. The highest BCUT2D eigenvalue weighted by molar-refractivity contribution is 5.66. The van der Waals surface area contributed by atoms with Gasteiger partial charge >= 0.3 is 0 Å². The molecule has 0 radical (unpaired) electrons. The lowest BCUT2D eigenvalue weighted by Gasteiger charge is -2.26. The van der Waals surface area contributed by atoms with Gasteiger partial charge in [-0.25, -0.2) is 0 Å². The summed E-state index contributed by atoms with van der Waals surface area (Å²) < 4.78 is 0. The average Bonchev–Trinajstić information content (AvgIpc) is 2.48. The minimum Gasteiger partial charge on any atom is -0.505 e. The number of nitrogen functional groups attached to an aromatic ring is 1. The number of benzene rings is 2. The molecular formula is C22H31N3O. The van der Waals surface area contributed by atoms with Gasteiger partial charge in [0.25, 0.3) is 0 Å². The first-order chi connectivity index (χ1) is 11.8. The summed E-state index contributed by atoms with van der Waals surface area (Å²) in [5, 5.41) is 19.5. The molecule has 0 aromatic heterocycles. The lowest BCUT2D eigenvalue weighted by Crippen LogP contribution is -2.16. The van der Waals surface area contributed by atoms with Crippen molar-refractivity contribution >= 4 is 17.1 Å². The smallest absolute Gasteiger partial charge is 0.146 e. The minimum absolute atomic E-state index is 0.0581. The van der Waals surface area contributed by atoms with E-state index < -0.39 is 0 Å². The second-order valence-corrected chi connectivity index (χ2v) is 9.09. The highest BCUT2D eigenvalue weighted by Crippen LogP contribution is 2.42. The summed E-state index contributed by atoms with van der Waals surface area (Å²) in [6.45, 7) is 16.7. The van der Waals surface area contributed by atoms with Gasteiger partial charge in [0.1, 0.15) is 17.1 Å². The molecule has 0 bridgehead atoms. The van der Waals surface area contributed by atoms with Crippen LogP contribution in [0.2, 0.25) is 0 Å². The Balaban J connectivity index is 2.60. The maximum absolute atomic E-state index is 10.8. The van der Waals surface area contributed by atoms with E-state index in [2.05, 4.69) is 57.8 Å². The number of anilines is 1. The summed E-state index contributed by atoms with van der Waals surface area (Å²) in [5.41, 5.74) is 11.7. The zero-order valence-electron chi connectivity index (χ0n) is 17.2. The number of nitrogens with zero attached hydrogens (tertiary/aromatic N) is 2. The van der Waals surface area contributed by atoms with E-state index in [1.165, 1.54) is 0 Å². The van der Waals surface area contributed by atoms with E-state index in [-0.39, 0.29) is 16.6 Å². The number of aromatic hydroxyl groups is 1. The van der Waals surface area contributed by atoms with E-state index in [0.29, 0.717) is 17.1 Å². The average molecular weight is 354 g/mol. The Morgan fingerprint density at radius 1 is 0.769 bits per heavy atom. The lowest BCUT2D eigenvalue weighted by atomic mass is 9.80. The van der Waals surface area contributed by atoms with E-state index in [1.807, 2.05) is 32.0 Å². The van der Waals surface area contributed by atoms with E-state index >= 15 is 0 Å². The quantitative estimate of drug-likeness (QED) is 0.471. The summed E-state index contributed by atoms with van der Waals surface area (Å²) in [4.78, 5) is 0. The second-order valence-electron chi connectivity index (χ2n) is 9.09. The van der Waals surface area contributed by atoms with Crippen molar-refractivity contribution in [2.45, 2.75) is 66.2 Å². The van der Waals surface area contributed by atoms with Gasteiger partial charge in [0.15, 0.2) is 0 Å². The van der Waals surface area contributed by atoms with Gasteiger partial charge in [-0.2, -0.15) is 0 Å². The fraction of sp³-hybridized carbons (Fsp3) is 0.455. The normalized spacial score (nSPS) is 12.8. The molecule has 0 aliphatic heterocycles. The van der Waals surface area contributed by atoms with Gasteiger partial charge in [-0.1, -0.05) is 47.6 Å². The minimum atomic E-state index is -0.199. The topological polar surface area (TPSA) is 71.0 Å². The van der Waals surface area contributed by atoms with Gasteiger partial charge in [-0.3, -0.25) is 0 Å². The third-order valence-electron chi connectivity index (χ3n) is 4.67. The molecule has 26 heavy (non-hydrogen) atoms. The van der Waals surface area contributed by atoms with Crippen LogP contribution in [0, 0.1) is 13.8 Å². The first kappa shape index (κ1) is 20.0. The summed E-state index contributed by atoms with van der Waals surface area (Å²) in [7, 11) is 0. The highest BCUT2D eigenvalue weighted by atomic mass is 16.3. The van der Waals surface area contributed by atoms with Gasteiger partial charge in [0, 0.05) is 5.56 Å². The van der Waals surface area contributed by atoms with Crippen LogP contribution in [0.25, 0.3) is 0 Å². The zero-order chi connectivity index (χ0) is 19.9. The predicted molar refractivity (Wildman–Crippen MR) is 110 cm³/mol. The van der Waals surface area contributed by atoms with Gasteiger partial charge in [-0.05, 0) is 59.6 Å². The molecule has 0 aliphatic carbocycles. The van der Waals surface area contributed by atoms with Crippen molar-refractivity contribution in [2.24, 2.45) is 10.2 Å². The number of azo groups is 1. The first-order valence-electron chi connectivity index (χ1n) is 8.97. The molecule has 140 valence electrons. The van der Waals surface area contributed by atoms with E-state index in [4.69, 9.17) is 5.73 Å². The van der Waals surface area contributed by atoms with Crippen LogP contribution in [0.1, 0.15) is 63.8 Å². The SMILES string of the molecule is Cc1cc(N)c(/N=N/c2cc(C(C)(C)C)cc(C(C)(C)C)c2O)cc1C. The van der Waals surface area contributed by atoms with Crippen molar-refractivity contribution in [3.8, 4) is 5.75 Å². The molecule has 0 fully saturated rings. The maximum Gasteiger partial charge on any atom is 0.146 e. The van der Waals surface area contributed by atoms with Gasteiger partial charge in [0.05, 0.1) is 5.69 Å². The molecule has 4 heteroatoms. The summed E-state index contributed by atoms with van der Waals surface area (Å²) in [5.74, 6) is 0.177. The summed E-state index contributed by atoms with van der Waals surface area (Å²) in [6.07, 6.45) is 0. The number of hydrogen-bond donors (Lipinski definition) is 2. The molecule has 0 unspecified atom stereocenters. The fourth-order valence-corrected chi connectivity index (χ4v) is 2.72.